The highest BCUT2D eigenvalue weighted by molar-refractivity contribution is 7.89. The van der Waals surface area contributed by atoms with Crippen LogP contribution in [0.25, 0.3) is 11.3 Å². The summed E-state index contributed by atoms with van der Waals surface area (Å²) >= 11 is 1.11. The Balaban J connectivity index is 1.54. The second-order valence-corrected chi connectivity index (χ2v) is 11.6. The van der Waals surface area contributed by atoms with Gasteiger partial charge in [-0.15, -0.1) is 0 Å². The number of benzene rings is 3. The Kier molecular flexibility index (Phi) is 7.97. The van der Waals surface area contributed by atoms with Gasteiger partial charge in [-0.25, -0.2) is 13.4 Å². The molecule has 4 rings (SSSR count). The lowest BCUT2D eigenvalue weighted by molar-refractivity contribution is 0.101. The first-order chi connectivity index (χ1) is 17.7. The minimum Gasteiger partial charge on any atom is -0.298 e. The second-order valence-electron chi connectivity index (χ2n) is 8.73. The smallest absolute Gasteiger partial charge is 0.257 e. The third kappa shape index (κ3) is 6.02. The highest BCUT2D eigenvalue weighted by Crippen LogP contribution is 2.32. The predicted molar refractivity (Wildman–Crippen MR) is 146 cm³/mol. The summed E-state index contributed by atoms with van der Waals surface area (Å²) in [4.78, 5) is 30.1. The zero-order valence-electron chi connectivity index (χ0n) is 20.7. The van der Waals surface area contributed by atoms with Crippen LogP contribution in [0.5, 0.6) is 0 Å². The standard InChI is InChI=1S/C28H27N3O4S2/c1-19(2)31(18-21-10-6-4-7-11-21)37(34,35)24-16-14-23(15-17-24)27(33)30-28-29-25(26(36-28)20(3)32)22-12-8-5-9-13-22/h4-17,19H,18H2,1-3H3,(H,29,30,33). The number of thiazole rings is 1. The summed E-state index contributed by atoms with van der Waals surface area (Å²) in [5, 5.41) is 3.02. The van der Waals surface area contributed by atoms with Gasteiger partial charge in [0.1, 0.15) is 0 Å². The molecule has 0 unspecified atom stereocenters. The minimum atomic E-state index is -3.79. The number of aromatic nitrogens is 1. The fourth-order valence-corrected chi connectivity index (χ4v) is 6.30. The summed E-state index contributed by atoms with van der Waals surface area (Å²) in [5.74, 6) is -0.589. The fraction of sp³-hybridized carbons (Fsp3) is 0.179. The molecule has 0 fully saturated rings. The number of hydrogen-bond donors (Lipinski definition) is 1. The zero-order valence-corrected chi connectivity index (χ0v) is 22.3. The fourth-order valence-electron chi connectivity index (χ4n) is 3.80. The molecule has 0 spiro atoms. The molecule has 0 radical (unpaired) electrons. The molecule has 1 amide bonds. The average molecular weight is 534 g/mol. The first-order valence-electron chi connectivity index (χ1n) is 11.7. The summed E-state index contributed by atoms with van der Waals surface area (Å²) in [6.45, 7) is 5.36. The van der Waals surface area contributed by atoms with Crippen LogP contribution in [0.2, 0.25) is 0 Å². The first-order valence-corrected chi connectivity index (χ1v) is 14.0. The molecule has 0 saturated heterocycles. The molecule has 4 aromatic rings. The van der Waals surface area contributed by atoms with E-state index in [1.54, 1.807) is 0 Å². The molecular formula is C28H27N3O4S2. The number of nitrogens with one attached hydrogen (secondary N) is 1. The third-order valence-corrected chi connectivity index (χ3v) is 8.80. The maximum atomic E-state index is 13.4. The van der Waals surface area contributed by atoms with Crippen LogP contribution in [0.1, 0.15) is 46.4 Å². The van der Waals surface area contributed by atoms with Crippen molar-refractivity contribution in [1.82, 2.24) is 9.29 Å². The molecule has 9 heteroatoms. The molecule has 190 valence electrons. The van der Waals surface area contributed by atoms with Gasteiger partial charge >= 0.3 is 0 Å². The van der Waals surface area contributed by atoms with Crippen LogP contribution >= 0.6 is 11.3 Å². The minimum absolute atomic E-state index is 0.105. The molecular weight excluding hydrogens is 506 g/mol. The van der Waals surface area contributed by atoms with E-state index in [0.29, 0.717) is 15.7 Å². The Morgan fingerprint density at radius 1 is 0.919 bits per heavy atom. The molecule has 0 bridgehead atoms. The number of hydrogen-bond acceptors (Lipinski definition) is 6. The van der Waals surface area contributed by atoms with E-state index in [4.69, 9.17) is 0 Å². The number of nitrogens with zero attached hydrogens (tertiary/aromatic N) is 2. The molecule has 0 aliphatic heterocycles. The quantitative estimate of drug-likeness (QED) is 0.272. The van der Waals surface area contributed by atoms with Crippen LogP contribution < -0.4 is 5.32 Å². The Morgan fingerprint density at radius 2 is 1.51 bits per heavy atom. The summed E-state index contributed by atoms with van der Waals surface area (Å²) in [5.41, 5.74) is 2.46. The molecule has 1 aromatic heterocycles. The van der Waals surface area contributed by atoms with Gasteiger partial charge in [0.15, 0.2) is 10.9 Å². The lowest BCUT2D eigenvalue weighted by Crippen LogP contribution is -2.36. The van der Waals surface area contributed by atoms with Crippen molar-refractivity contribution in [2.24, 2.45) is 0 Å². The number of amides is 1. The normalized spacial score (nSPS) is 11.6. The van der Waals surface area contributed by atoms with Crippen molar-refractivity contribution in [1.29, 1.82) is 0 Å². The Bertz CT molecular complexity index is 1500. The van der Waals surface area contributed by atoms with Crippen molar-refractivity contribution in [2.45, 2.75) is 38.3 Å². The molecule has 0 atom stereocenters. The molecule has 3 aromatic carbocycles. The number of carbonyl (C=O) groups is 2. The van der Waals surface area contributed by atoms with Crippen LogP contribution in [0.15, 0.2) is 89.8 Å². The van der Waals surface area contributed by atoms with Gasteiger partial charge in [-0.3, -0.25) is 14.9 Å². The summed E-state index contributed by atoms with van der Waals surface area (Å²) < 4.78 is 28.2. The van der Waals surface area contributed by atoms with Gasteiger partial charge in [0, 0.05) is 30.6 Å². The molecule has 1 heterocycles. The van der Waals surface area contributed by atoms with Crippen LogP contribution in [0.3, 0.4) is 0 Å². The molecule has 37 heavy (non-hydrogen) atoms. The molecule has 0 saturated carbocycles. The zero-order chi connectivity index (χ0) is 26.6. The first kappa shape index (κ1) is 26.4. The van der Waals surface area contributed by atoms with Crippen molar-refractivity contribution in [3.63, 3.8) is 0 Å². The maximum Gasteiger partial charge on any atom is 0.257 e. The number of anilines is 1. The molecule has 0 aliphatic carbocycles. The van der Waals surface area contributed by atoms with Crippen molar-refractivity contribution in [3.05, 3.63) is 101 Å². The van der Waals surface area contributed by atoms with Crippen LogP contribution in [-0.4, -0.2) is 35.4 Å². The predicted octanol–water partition coefficient (Wildman–Crippen LogP) is 5.86. The largest absolute Gasteiger partial charge is 0.298 e. The van der Waals surface area contributed by atoms with Crippen LogP contribution in [0.4, 0.5) is 5.13 Å². The lowest BCUT2D eigenvalue weighted by atomic mass is 10.1. The van der Waals surface area contributed by atoms with Crippen LogP contribution in [-0.2, 0) is 16.6 Å². The maximum absolute atomic E-state index is 13.4. The van der Waals surface area contributed by atoms with E-state index in [0.717, 1.165) is 22.5 Å². The third-order valence-electron chi connectivity index (χ3n) is 5.69. The monoisotopic (exact) mass is 533 g/mol. The number of ketones is 1. The molecule has 0 aliphatic rings. The van der Waals surface area contributed by atoms with E-state index < -0.39 is 15.9 Å². The van der Waals surface area contributed by atoms with Gasteiger partial charge in [0.25, 0.3) is 5.91 Å². The van der Waals surface area contributed by atoms with E-state index in [2.05, 4.69) is 10.3 Å². The highest BCUT2D eigenvalue weighted by atomic mass is 32.2. The summed E-state index contributed by atoms with van der Waals surface area (Å²) in [6, 6.07) is 24.2. The topological polar surface area (TPSA) is 96.4 Å². The lowest BCUT2D eigenvalue weighted by Gasteiger charge is -2.26. The Labute approximate surface area is 220 Å². The highest BCUT2D eigenvalue weighted by Gasteiger charge is 2.27. The van der Waals surface area contributed by atoms with Crippen molar-refractivity contribution in [3.8, 4) is 11.3 Å². The Morgan fingerprint density at radius 3 is 2.08 bits per heavy atom. The van der Waals surface area contributed by atoms with Gasteiger partial charge in [-0.1, -0.05) is 72.0 Å². The Hall–Kier alpha value is -3.66. The van der Waals surface area contributed by atoms with Gasteiger partial charge in [0.2, 0.25) is 10.0 Å². The van der Waals surface area contributed by atoms with Gasteiger partial charge in [-0.2, -0.15) is 4.31 Å². The van der Waals surface area contributed by atoms with Gasteiger partial charge in [-0.05, 0) is 43.7 Å². The van der Waals surface area contributed by atoms with Crippen molar-refractivity contribution < 1.29 is 18.0 Å². The molecule has 7 nitrogen and oxygen atoms in total. The second kappa shape index (κ2) is 11.2. The number of sulfonamides is 1. The molecule has 1 N–H and O–H groups in total. The number of carbonyl (C=O) groups excluding carboxylic acids is 2. The van der Waals surface area contributed by atoms with E-state index in [1.165, 1.54) is 35.5 Å². The van der Waals surface area contributed by atoms with E-state index in [1.807, 2.05) is 74.5 Å². The van der Waals surface area contributed by atoms with Gasteiger partial charge in [0.05, 0.1) is 15.5 Å². The summed E-state index contributed by atoms with van der Waals surface area (Å²) in [7, 11) is -3.79. The summed E-state index contributed by atoms with van der Waals surface area (Å²) in [6.07, 6.45) is 0. The SMILES string of the molecule is CC(=O)c1sc(NC(=O)c2ccc(S(=O)(=O)N(Cc3ccccc3)C(C)C)cc2)nc1-c1ccccc1. The number of rotatable bonds is 9. The van der Waals surface area contributed by atoms with Crippen molar-refractivity contribution >= 4 is 38.2 Å². The average Bonchev–Trinajstić information content (AvgIpc) is 3.32. The van der Waals surface area contributed by atoms with Gasteiger partial charge < -0.3 is 0 Å². The van der Waals surface area contributed by atoms with E-state index >= 15 is 0 Å². The van der Waals surface area contributed by atoms with Crippen molar-refractivity contribution in [2.75, 3.05) is 5.32 Å². The number of Topliss-reactive ketones (excluding diaryl/α,β-unsaturated/α-hetero) is 1. The van der Waals surface area contributed by atoms with E-state index in [-0.39, 0.29) is 28.8 Å². The van der Waals surface area contributed by atoms with Crippen LogP contribution in [0, 0.1) is 0 Å². The van der Waals surface area contributed by atoms with E-state index in [9.17, 15) is 18.0 Å².